The average molecular weight is 383 g/mol. The first kappa shape index (κ1) is 18.9. The molecule has 0 aliphatic carbocycles. The molecule has 3 aromatic rings. The Kier molecular flexibility index (Phi) is 5.75. The van der Waals surface area contributed by atoms with E-state index in [-0.39, 0.29) is 17.4 Å². The molecule has 8 heteroatoms. The lowest BCUT2D eigenvalue weighted by atomic mass is 10.2. The van der Waals surface area contributed by atoms with Gasteiger partial charge in [0.05, 0.1) is 11.3 Å². The lowest BCUT2D eigenvalue weighted by Gasteiger charge is -2.11. The summed E-state index contributed by atoms with van der Waals surface area (Å²) >= 11 is 1.61. The molecule has 2 heterocycles. The van der Waals surface area contributed by atoms with Crippen LogP contribution < -0.4 is 10.9 Å². The molecule has 0 unspecified atom stereocenters. The van der Waals surface area contributed by atoms with E-state index < -0.39 is 0 Å². The number of carbonyl (C=O) groups excluding carboxylic acids is 1. The molecular formula is C19H21N5O2S. The number of nitrogens with zero attached hydrogens (tertiary/aromatic N) is 3. The first-order chi connectivity index (χ1) is 13.0. The lowest BCUT2D eigenvalue weighted by Crippen LogP contribution is -2.19. The molecule has 0 saturated heterocycles. The van der Waals surface area contributed by atoms with Crippen molar-refractivity contribution in [2.45, 2.75) is 32.1 Å². The van der Waals surface area contributed by atoms with E-state index in [0.717, 1.165) is 10.6 Å². The fraction of sp³-hybridized carbons (Fsp3) is 0.263. The normalized spacial score (nSPS) is 10.8. The second kappa shape index (κ2) is 8.22. The van der Waals surface area contributed by atoms with Crippen molar-refractivity contribution in [2.75, 3.05) is 11.1 Å². The van der Waals surface area contributed by atoms with E-state index in [1.807, 2.05) is 39.0 Å². The highest BCUT2D eigenvalue weighted by atomic mass is 32.2. The van der Waals surface area contributed by atoms with Crippen LogP contribution in [0.5, 0.6) is 0 Å². The fourth-order valence-corrected chi connectivity index (χ4v) is 3.45. The Hall–Kier alpha value is -2.87. The van der Waals surface area contributed by atoms with Crippen molar-refractivity contribution in [1.82, 2.24) is 19.7 Å². The standard InChI is InChI=1S/C19H21N5O2S/c1-4-13-11-17(25)22-19(20-13)24-16(10-12(3)23-24)21-18(26)14-8-6-7-9-15(14)27-5-2/h6-11H,4-5H2,1-3H3,(H,21,26)(H,20,22,25). The largest absolute Gasteiger partial charge is 0.306 e. The van der Waals surface area contributed by atoms with Gasteiger partial charge in [-0.1, -0.05) is 26.0 Å². The highest BCUT2D eigenvalue weighted by Crippen LogP contribution is 2.24. The molecule has 0 bridgehead atoms. The van der Waals surface area contributed by atoms with Gasteiger partial charge in [-0.2, -0.15) is 9.78 Å². The van der Waals surface area contributed by atoms with Crippen LogP contribution >= 0.6 is 11.8 Å². The van der Waals surface area contributed by atoms with Crippen molar-refractivity contribution in [3.8, 4) is 5.95 Å². The average Bonchev–Trinajstić information content (AvgIpc) is 3.02. The Morgan fingerprint density at radius 2 is 2.04 bits per heavy atom. The number of aryl methyl sites for hydroxylation is 2. The molecule has 0 aliphatic heterocycles. The molecule has 0 saturated carbocycles. The number of rotatable bonds is 6. The SMILES string of the molecule is CCSc1ccccc1C(=O)Nc1cc(C)nn1-c1nc(CC)cc(=O)[nH]1. The van der Waals surface area contributed by atoms with Gasteiger partial charge >= 0.3 is 0 Å². The van der Waals surface area contributed by atoms with Crippen LogP contribution in [0.3, 0.4) is 0 Å². The summed E-state index contributed by atoms with van der Waals surface area (Å²) in [6.45, 7) is 5.78. The zero-order valence-corrected chi connectivity index (χ0v) is 16.3. The summed E-state index contributed by atoms with van der Waals surface area (Å²) in [5, 5.41) is 7.26. The van der Waals surface area contributed by atoms with Crippen LogP contribution in [0, 0.1) is 6.92 Å². The molecule has 0 spiro atoms. The van der Waals surface area contributed by atoms with Crippen LogP contribution in [0.2, 0.25) is 0 Å². The molecule has 3 rings (SSSR count). The van der Waals surface area contributed by atoms with E-state index >= 15 is 0 Å². The van der Waals surface area contributed by atoms with Crippen LogP contribution in [0.4, 0.5) is 5.82 Å². The summed E-state index contributed by atoms with van der Waals surface area (Å²) in [5.41, 5.74) is 1.69. The molecule has 0 fully saturated rings. The minimum atomic E-state index is -0.257. The number of aromatic nitrogens is 4. The lowest BCUT2D eigenvalue weighted by molar-refractivity contribution is 0.102. The number of benzene rings is 1. The summed E-state index contributed by atoms with van der Waals surface area (Å²) in [6.07, 6.45) is 0.625. The smallest absolute Gasteiger partial charge is 0.257 e. The molecule has 7 nitrogen and oxygen atoms in total. The number of carbonyl (C=O) groups is 1. The third kappa shape index (κ3) is 4.28. The fourth-order valence-electron chi connectivity index (χ4n) is 2.64. The Bertz CT molecular complexity index is 1020. The van der Waals surface area contributed by atoms with Gasteiger partial charge in [-0.05, 0) is 31.2 Å². The number of amides is 1. The molecule has 2 aromatic heterocycles. The summed E-state index contributed by atoms with van der Waals surface area (Å²) in [4.78, 5) is 32.7. The monoisotopic (exact) mass is 383 g/mol. The molecule has 0 radical (unpaired) electrons. The number of nitrogens with one attached hydrogen (secondary N) is 2. The predicted octanol–water partition coefficient (Wildman–Crippen LogP) is 3.19. The summed E-state index contributed by atoms with van der Waals surface area (Å²) in [7, 11) is 0. The molecule has 0 aliphatic rings. The van der Waals surface area contributed by atoms with Gasteiger partial charge < -0.3 is 5.32 Å². The maximum atomic E-state index is 12.8. The Labute approximate surface area is 161 Å². The van der Waals surface area contributed by atoms with Crippen molar-refractivity contribution in [3.63, 3.8) is 0 Å². The van der Waals surface area contributed by atoms with Crippen LogP contribution in [-0.2, 0) is 6.42 Å². The maximum absolute atomic E-state index is 12.8. The zero-order valence-electron chi connectivity index (χ0n) is 15.4. The highest BCUT2D eigenvalue weighted by molar-refractivity contribution is 7.99. The summed E-state index contributed by atoms with van der Waals surface area (Å²) in [5.74, 6) is 1.36. The molecule has 1 amide bonds. The minimum Gasteiger partial charge on any atom is -0.306 e. The summed E-state index contributed by atoms with van der Waals surface area (Å²) in [6, 6.07) is 10.7. The van der Waals surface area contributed by atoms with Gasteiger partial charge in [0.25, 0.3) is 11.5 Å². The third-order valence-corrected chi connectivity index (χ3v) is 4.81. The van der Waals surface area contributed by atoms with Gasteiger partial charge in [0.1, 0.15) is 5.82 Å². The van der Waals surface area contributed by atoms with Crippen molar-refractivity contribution in [1.29, 1.82) is 0 Å². The molecule has 27 heavy (non-hydrogen) atoms. The van der Waals surface area contributed by atoms with E-state index in [9.17, 15) is 9.59 Å². The van der Waals surface area contributed by atoms with Gasteiger partial charge in [0.2, 0.25) is 5.95 Å². The van der Waals surface area contributed by atoms with Gasteiger partial charge in [0, 0.05) is 22.7 Å². The number of H-pyrrole nitrogens is 1. The second-order valence-corrected chi connectivity index (χ2v) is 7.19. The molecule has 1 aromatic carbocycles. The third-order valence-electron chi connectivity index (χ3n) is 3.85. The van der Waals surface area contributed by atoms with E-state index in [1.165, 1.54) is 10.7 Å². The predicted molar refractivity (Wildman–Crippen MR) is 107 cm³/mol. The van der Waals surface area contributed by atoms with Crippen molar-refractivity contribution < 1.29 is 4.79 Å². The summed E-state index contributed by atoms with van der Waals surface area (Å²) < 4.78 is 1.45. The minimum absolute atomic E-state index is 0.235. The van der Waals surface area contributed by atoms with Crippen molar-refractivity contribution in [3.05, 3.63) is 63.7 Å². The Morgan fingerprint density at radius 3 is 2.78 bits per heavy atom. The Morgan fingerprint density at radius 1 is 1.26 bits per heavy atom. The van der Waals surface area contributed by atoms with Crippen LogP contribution in [-0.4, -0.2) is 31.4 Å². The van der Waals surface area contributed by atoms with Gasteiger partial charge in [-0.15, -0.1) is 11.8 Å². The van der Waals surface area contributed by atoms with E-state index in [2.05, 4.69) is 20.4 Å². The molecular weight excluding hydrogens is 362 g/mol. The second-order valence-electron chi connectivity index (χ2n) is 5.88. The van der Waals surface area contributed by atoms with Crippen molar-refractivity contribution in [2.24, 2.45) is 0 Å². The zero-order chi connectivity index (χ0) is 19.4. The van der Waals surface area contributed by atoms with Crippen LogP contribution in [0.15, 0.2) is 46.1 Å². The maximum Gasteiger partial charge on any atom is 0.257 e. The number of aromatic amines is 1. The van der Waals surface area contributed by atoms with E-state index in [1.54, 1.807) is 23.9 Å². The first-order valence-corrected chi connectivity index (χ1v) is 9.70. The van der Waals surface area contributed by atoms with E-state index in [4.69, 9.17) is 0 Å². The molecule has 0 atom stereocenters. The highest BCUT2D eigenvalue weighted by Gasteiger charge is 2.16. The number of hydrogen-bond donors (Lipinski definition) is 2. The topological polar surface area (TPSA) is 92.7 Å². The van der Waals surface area contributed by atoms with Gasteiger partial charge in [-0.3, -0.25) is 14.6 Å². The number of thioether (sulfide) groups is 1. The van der Waals surface area contributed by atoms with E-state index in [0.29, 0.717) is 29.2 Å². The first-order valence-electron chi connectivity index (χ1n) is 8.72. The van der Waals surface area contributed by atoms with Gasteiger partial charge in [-0.25, -0.2) is 4.98 Å². The van der Waals surface area contributed by atoms with Crippen LogP contribution in [0.25, 0.3) is 5.95 Å². The molecule has 2 N–H and O–H groups in total. The van der Waals surface area contributed by atoms with Crippen molar-refractivity contribution >= 4 is 23.5 Å². The van der Waals surface area contributed by atoms with Crippen LogP contribution in [0.1, 0.15) is 35.6 Å². The molecule has 140 valence electrons. The van der Waals surface area contributed by atoms with Gasteiger partial charge in [0.15, 0.2) is 0 Å². The number of hydrogen-bond acceptors (Lipinski definition) is 5. The Balaban J connectivity index is 1.97. The quantitative estimate of drug-likeness (QED) is 0.638. The number of anilines is 1.